The van der Waals surface area contributed by atoms with Gasteiger partial charge in [-0.15, -0.1) is 17.0 Å². The number of imidazole rings is 1. The van der Waals surface area contributed by atoms with E-state index in [9.17, 15) is 4.79 Å². The number of ether oxygens (including phenoxy) is 1. The van der Waals surface area contributed by atoms with Gasteiger partial charge in [-0.2, -0.15) is 0 Å². The quantitative estimate of drug-likeness (QED) is 0.612. The second kappa shape index (κ2) is 8.53. The Labute approximate surface area is 176 Å². The summed E-state index contributed by atoms with van der Waals surface area (Å²) < 4.78 is 9.63. The zero-order valence-corrected chi connectivity index (χ0v) is 18.4. The van der Waals surface area contributed by atoms with Crippen LogP contribution < -0.4 is 10.4 Å². The van der Waals surface area contributed by atoms with E-state index < -0.39 is 0 Å². The van der Waals surface area contributed by atoms with Crippen LogP contribution in [0.5, 0.6) is 5.75 Å². The number of piperidine rings is 1. The van der Waals surface area contributed by atoms with Gasteiger partial charge in [0, 0.05) is 33.7 Å². The van der Waals surface area contributed by atoms with Crippen LogP contribution in [0.15, 0.2) is 47.3 Å². The van der Waals surface area contributed by atoms with E-state index in [0.717, 1.165) is 49.3 Å². The van der Waals surface area contributed by atoms with Crippen molar-refractivity contribution in [1.82, 2.24) is 14.0 Å². The molecular formula is C22H28BrN3O2. The molecule has 2 heterocycles. The van der Waals surface area contributed by atoms with E-state index in [0.29, 0.717) is 6.10 Å². The van der Waals surface area contributed by atoms with Crippen LogP contribution in [-0.2, 0) is 20.6 Å². The minimum absolute atomic E-state index is 0. The summed E-state index contributed by atoms with van der Waals surface area (Å²) in [7, 11) is 3.66. The minimum atomic E-state index is 0. The molecule has 1 aliphatic heterocycles. The van der Waals surface area contributed by atoms with Gasteiger partial charge in [0.25, 0.3) is 0 Å². The Balaban J connectivity index is 0.00000225. The monoisotopic (exact) mass is 445 g/mol. The molecule has 0 aliphatic carbocycles. The van der Waals surface area contributed by atoms with Gasteiger partial charge in [0.2, 0.25) is 0 Å². The average molecular weight is 446 g/mol. The lowest BCUT2D eigenvalue weighted by Crippen LogP contribution is -2.37. The Bertz CT molecular complexity index is 1020. The van der Waals surface area contributed by atoms with Crippen LogP contribution >= 0.6 is 17.0 Å². The first-order chi connectivity index (χ1) is 13.0. The number of nitrogens with zero attached hydrogens (tertiary/aromatic N) is 3. The summed E-state index contributed by atoms with van der Waals surface area (Å²) in [4.78, 5) is 14.6. The largest absolute Gasteiger partial charge is 0.490 e. The van der Waals surface area contributed by atoms with E-state index in [2.05, 4.69) is 42.2 Å². The third-order valence-corrected chi connectivity index (χ3v) is 5.66. The highest BCUT2D eigenvalue weighted by Crippen LogP contribution is 2.23. The van der Waals surface area contributed by atoms with E-state index in [1.165, 1.54) is 11.1 Å². The maximum atomic E-state index is 12.1. The number of halogens is 1. The van der Waals surface area contributed by atoms with Crippen LogP contribution in [-0.4, -0.2) is 33.2 Å². The van der Waals surface area contributed by atoms with Crippen molar-refractivity contribution < 1.29 is 4.74 Å². The van der Waals surface area contributed by atoms with Crippen molar-refractivity contribution in [2.24, 2.45) is 14.1 Å². The molecule has 5 nitrogen and oxygen atoms in total. The molecule has 150 valence electrons. The zero-order valence-electron chi connectivity index (χ0n) is 16.7. The molecule has 3 aromatic rings. The molecule has 1 aromatic heterocycles. The Morgan fingerprint density at radius 1 is 1.00 bits per heavy atom. The summed E-state index contributed by atoms with van der Waals surface area (Å²) in [5.74, 6) is 1.01. The Morgan fingerprint density at radius 2 is 1.68 bits per heavy atom. The smallest absolute Gasteiger partial charge is 0.328 e. The van der Waals surface area contributed by atoms with Gasteiger partial charge in [-0.05, 0) is 49.1 Å². The zero-order chi connectivity index (χ0) is 19.0. The summed E-state index contributed by atoms with van der Waals surface area (Å²) in [5.41, 5.74) is 4.45. The maximum Gasteiger partial charge on any atom is 0.328 e. The molecule has 0 atom stereocenters. The van der Waals surface area contributed by atoms with E-state index in [-0.39, 0.29) is 22.7 Å². The number of fused-ring (bicyclic) bond motifs is 1. The van der Waals surface area contributed by atoms with Crippen molar-refractivity contribution in [3.05, 3.63) is 64.1 Å². The number of likely N-dealkylation sites (tertiary alicyclic amines) is 1. The Hall–Kier alpha value is -2.05. The van der Waals surface area contributed by atoms with Crippen molar-refractivity contribution >= 4 is 28.0 Å². The number of hydrogen-bond acceptors (Lipinski definition) is 3. The third kappa shape index (κ3) is 4.03. The molecule has 0 spiro atoms. The van der Waals surface area contributed by atoms with Crippen molar-refractivity contribution in [2.45, 2.75) is 32.4 Å². The SMILES string of the molecule is Br.Cc1ccccc1OC1CCN(Cc2ccc3c(c2)n(C)c(=O)n3C)CC1. The molecule has 0 radical (unpaired) electrons. The number of aromatic nitrogens is 2. The van der Waals surface area contributed by atoms with Crippen LogP contribution in [0, 0.1) is 6.92 Å². The number of hydrogen-bond donors (Lipinski definition) is 0. The van der Waals surface area contributed by atoms with Gasteiger partial charge in [0.05, 0.1) is 11.0 Å². The average Bonchev–Trinajstić information content (AvgIpc) is 2.89. The third-order valence-electron chi connectivity index (χ3n) is 5.66. The summed E-state index contributed by atoms with van der Waals surface area (Å²) >= 11 is 0. The van der Waals surface area contributed by atoms with Gasteiger partial charge in [-0.1, -0.05) is 24.3 Å². The second-order valence-electron chi connectivity index (χ2n) is 7.58. The Kier molecular flexibility index (Phi) is 6.30. The van der Waals surface area contributed by atoms with Crippen molar-refractivity contribution in [2.75, 3.05) is 13.1 Å². The molecule has 0 N–H and O–H groups in total. The molecule has 0 bridgehead atoms. The fourth-order valence-corrected chi connectivity index (χ4v) is 3.96. The van der Waals surface area contributed by atoms with Crippen LogP contribution in [0.1, 0.15) is 24.0 Å². The molecule has 1 aliphatic rings. The van der Waals surface area contributed by atoms with Crippen LogP contribution in [0.25, 0.3) is 11.0 Å². The van der Waals surface area contributed by atoms with Gasteiger partial charge < -0.3 is 4.74 Å². The first-order valence-corrected chi connectivity index (χ1v) is 9.62. The fourth-order valence-electron chi connectivity index (χ4n) is 3.96. The Morgan fingerprint density at radius 3 is 2.39 bits per heavy atom. The fraction of sp³-hybridized carbons (Fsp3) is 0.409. The molecule has 2 aromatic carbocycles. The van der Waals surface area contributed by atoms with E-state index in [4.69, 9.17) is 4.74 Å². The number of benzene rings is 2. The molecule has 0 saturated carbocycles. The molecule has 1 saturated heterocycles. The molecule has 0 unspecified atom stereocenters. The molecule has 4 rings (SSSR count). The van der Waals surface area contributed by atoms with E-state index in [1.54, 1.807) is 9.13 Å². The normalized spacial score (nSPS) is 15.5. The standard InChI is InChI=1S/C22H27N3O2.BrH/c1-16-6-4-5-7-21(16)27-18-10-12-25(13-11-18)15-17-8-9-19-20(14-17)24(3)22(26)23(19)2;/h4-9,14,18H,10-13,15H2,1-3H3;1H. The lowest BCUT2D eigenvalue weighted by atomic mass is 10.1. The number of para-hydroxylation sites is 1. The second-order valence-corrected chi connectivity index (χ2v) is 7.58. The van der Waals surface area contributed by atoms with Crippen molar-refractivity contribution in [3.63, 3.8) is 0 Å². The molecule has 1 fully saturated rings. The van der Waals surface area contributed by atoms with Gasteiger partial charge in [-0.3, -0.25) is 14.0 Å². The molecule has 0 amide bonds. The van der Waals surface area contributed by atoms with Crippen molar-refractivity contribution in [3.8, 4) is 5.75 Å². The van der Waals surface area contributed by atoms with Crippen LogP contribution in [0.4, 0.5) is 0 Å². The first-order valence-electron chi connectivity index (χ1n) is 9.62. The molecule has 28 heavy (non-hydrogen) atoms. The topological polar surface area (TPSA) is 39.4 Å². The van der Waals surface area contributed by atoms with Gasteiger partial charge in [0.15, 0.2) is 0 Å². The summed E-state index contributed by atoms with van der Waals surface area (Å²) in [6, 6.07) is 14.6. The van der Waals surface area contributed by atoms with Gasteiger partial charge in [-0.25, -0.2) is 4.79 Å². The first kappa shape index (κ1) is 20.7. The summed E-state index contributed by atoms with van der Waals surface area (Å²) in [5, 5.41) is 0. The predicted molar refractivity (Wildman–Crippen MR) is 119 cm³/mol. The van der Waals surface area contributed by atoms with E-state index in [1.807, 2.05) is 26.2 Å². The lowest BCUT2D eigenvalue weighted by Gasteiger charge is -2.32. The highest BCUT2D eigenvalue weighted by Gasteiger charge is 2.21. The van der Waals surface area contributed by atoms with Gasteiger partial charge >= 0.3 is 5.69 Å². The maximum absolute atomic E-state index is 12.1. The van der Waals surface area contributed by atoms with Crippen LogP contribution in [0.2, 0.25) is 0 Å². The molecule has 6 heteroatoms. The highest BCUT2D eigenvalue weighted by atomic mass is 79.9. The minimum Gasteiger partial charge on any atom is -0.490 e. The summed E-state index contributed by atoms with van der Waals surface area (Å²) in [6.45, 7) is 5.07. The van der Waals surface area contributed by atoms with E-state index >= 15 is 0 Å². The highest BCUT2D eigenvalue weighted by molar-refractivity contribution is 8.93. The predicted octanol–water partition coefficient (Wildman–Crippen LogP) is 3.81. The number of aryl methyl sites for hydroxylation is 3. The van der Waals surface area contributed by atoms with Gasteiger partial charge in [0.1, 0.15) is 11.9 Å². The molecular weight excluding hydrogens is 418 g/mol. The lowest BCUT2D eigenvalue weighted by molar-refractivity contribution is 0.0963. The number of rotatable bonds is 4. The van der Waals surface area contributed by atoms with Crippen LogP contribution in [0.3, 0.4) is 0 Å². The summed E-state index contributed by atoms with van der Waals surface area (Å²) in [6.07, 6.45) is 2.38. The van der Waals surface area contributed by atoms with Crippen molar-refractivity contribution in [1.29, 1.82) is 0 Å².